The molecule has 0 fully saturated rings. The molecule has 0 amide bonds. The first-order valence-corrected chi connectivity index (χ1v) is 6.46. The van der Waals surface area contributed by atoms with E-state index in [4.69, 9.17) is 5.73 Å². The van der Waals surface area contributed by atoms with Crippen molar-refractivity contribution < 1.29 is 22.4 Å². The summed E-state index contributed by atoms with van der Waals surface area (Å²) in [4.78, 5) is 11.8. The molecule has 1 aromatic carbocycles. The number of carbonyl (C=O) groups excluding carboxylic acids is 1. The van der Waals surface area contributed by atoms with Gasteiger partial charge in [-0.25, -0.2) is 4.39 Å². The maximum Gasteiger partial charge on any atom is 0.419 e. The highest BCUT2D eigenvalue weighted by atomic mass is 19.4. The lowest BCUT2D eigenvalue weighted by Crippen LogP contribution is -2.10. The number of hydrogen-bond donors (Lipinski definition) is 1. The zero-order valence-electron chi connectivity index (χ0n) is 11.0. The summed E-state index contributed by atoms with van der Waals surface area (Å²) in [5.41, 5.74) is 3.83. The van der Waals surface area contributed by atoms with Crippen LogP contribution in [-0.2, 0) is 6.18 Å². The third-order valence-corrected chi connectivity index (χ3v) is 2.95. The fraction of sp³-hybridized carbons (Fsp3) is 0.500. The summed E-state index contributed by atoms with van der Waals surface area (Å²) in [6.45, 7) is 0.584. The number of Topliss-reactive ketones (excluding diaryl/α,β-unsaturated/α-hetero) is 1. The highest BCUT2D eigenvalue weighted by Gasteiger charge is 2.34. The fourth-order valence-electron chi connectivity index (χ4n) is 1.84. The molecule has 0 aliphatic rings. The predicted molar refractivity (Wildman–Crippen MR) is 67.9 cm³/mol. The van der Waals surface area contributed by atoms with E-state index in [9.17, 15) is 22.4 Å². The number of benzene rings is 1. The summed E-state index contributed by atoms with van der Waals surface area (Å²) in [6, 6.07) is 2.36. The van der Waals surface area contributed by atoms with Gasteiger partial charge < -0.3 is 5.73 Å². The van der Waals surface area contributed by atoms with Gasteiger partial charge in [-0.1, -0.05) is 12.8 Å². The van der Waals surface area contributed by atoms with Gasteiger partial charge >= 0.3 is 6.18 Å². The van der Waals surface area contributed by atoms with Gasteiger partial charge in [0, 0.05) is 12.0 Å². The zero-order chi connectivity index (χ0) is 15.2. The topological polar surface area (TPSA) is 43.1 Å². The van der Waals surface area contributed by atoms with Gasteiger partial charge in [-0.15, -0.1) is 0 Å². The van der Waals surface area contributed by atoms with E-state index in [-0.39, 0.29) is 12.0 Å². The third kappa shape index (κ3) is 4.92. The molecule has 20 heavy (non-hydrogen) atoms. The molecule has 0 unspecified atom stereocenters. The molecular weight excluding hydrogens is 274 g/mol. The molecule has 0 saturated heterocycles. The van der Waals surface area contributed by atoms with Gasteiger partial charge in [-0.3, -0.25) is 4.79 Å². The van der Waals surface area contributed by atoms with Crippen LogP contribution in [0.2, 0.25) is 0 Å². The van der Waals surface area contributed by atoms with E-state index in [1.165, 1.54) is 0 Å². The molecular formula is C14H17F4NO. The average Bonchev–Trinajstić information content (AvgIpc) is 2.37. The third-order valence-electron chi connectivity index (χ3n) is 2.95. The molecule has 2 nitrogen and oxygen atoms in total. The van der Waals surface area contributed by atoms with E-state index in [2.05, 4.69) is 0 Å². The highest BCUT2D eigenvalue weighted by Crippen LogP contribution is 2.32. The number of halogens is 4. The van der Waals surface area contributed by atoms with Gasteiger partial charge in [0.1, 0.15) is 5.82 Å². The quantitative estimate of drug-likeness (QED) is 0.470. The van der Waals surface area contributed by atoms with Gasteiger partial charge in [0.15, 0.2) is 5.78 Å². The van der Waals surface area contributed by atoms with Crippen molar-refractivity contribution in [1.82, 2.24) is 0 Å². The van der Waals surface area contributed by atoms with Crippen LogP contribution < -0.4 is 5.73 Å². The van der Waals surface area contributed by atoms with E-state index in [1.807, 2.05) is 0 Å². The lowest BCUT2D eigenvalue weighted by atomic mass is 10.0. The molecule has 0 atom stereocenters. The van der Waals surface area contributed by atoms with Crippen LogP contribution in [0.3, 0.4) is 0 Å². The van der Waals surface area contributed by atoms with Crippen molar-refractivity contribution in [3.63, 3.8) is 0 Å². The number of alkyl halides is 3. The summed E-state index contributed by atoms with van der Waals surface area (Å²) in [7, 11) is 0. The fourth-order valence-corrected chi connectivity index (χ4v) is 1.84. The van der Waals surface area contributed by atoms with Gasteiger partial charge in [0.2, 0.25) is 0 Å². The van der Waals surface area contributed by atoms with Crippen molar-refractivity contribution in [2.24, 2.45) is 5.73 Å². The molecule has 0 aliphatic carbocycles. The molecule has 0 spiro atoms. The summed E-state index contributed by atoms with van der Waals surface area (Å²) >= 11 is 0. The van der Waals surface area contributed by atoms with Crippen molar-refractivity contribution in [2.45, 2.75) is 38.3 Å². The second-order valence-corrected chi connectivity index (χ2v) is 4.57. The number of ketones is 1. The van der Waals surface area contributed by atoms with Crippen LogP contribution in [0.25, 0.3) is 0 Å². The Kier molecular flexibility index (Phi) is 6.13. The molecule has 6 heteroatoms. The Hall–Kier alpha value is -1.43. The normalized spacial score (nSPS) is 11.7. The molecule has 0 aromatic heterocycles. The smallest absolute Gasteiger partial charge is 0.330 e. The first-order chi connectivity index (χ1) is 9.36. The number of carbonyl (C=O) groups is 1. The molecule has 0 aliphatic heterocycles. The van der Waals surface area contributed by atoms with Gasteiger partial charge in [0.25, 0.3) is 0 Å². The van der Waals surface area contributed by atoms with E-state index >= 15 is 0 Å². The van der Waals surface area contributed by atoms with Crippen LogP contribution in [0.5, 0.6) is 0 Å². The number of nitrogens with two attached hydrogens (primary N) is 1. The first kappa shape index (κ1) is 16.6. The van der Waals surface area contributed by atoms with Crippen molar-refractivity contribution in [3.05, 3.63) is 35.1 Å². The predicted octanol–water partition coefficient (Wildman–Crippen LogP) is 3.94. The Bertz CT molecular complexity index is 457. The maximum atomic E-state index is 13.1. The minimum Gasteiger partial charge on any atom is -0.330 e. The van der Waals surface area contributed by atoms with Gasteiger partial charge in [0.05, 0.1) is 5.56 Å². The molecule has 1 rings (SSSR count). The lowest BCUT2D eigenvalue weighted by molar-refractivity contribution is -0.140. The van der Waals surface area contributed by atoms with Crippen molar-refractivity contribution in [2.75, 3.05) is 6.54 Å². The Balaban J connectivity index is 2.65. The molecule has 0 radical (unpaired) electrons. The summed E-state index contributed by atoms with van der Waals surface area (Å²) in [5.74, 6) is -1.76. The van der Waals surface area contributed by atoms with Crippen molar-refractivity contribution in [3.8, 4) is 0 Å². The first-order valence-electron chi connectivity index (χ1n) is 6.46. The second kappa shape index (κ2) is 7.38. The van der Waals surface area contributed by atoms with E-state index in [0.29, 0.717) is 25.1 Å². The lowest BCUT2D eigenvalue weighted by Gasteiger charge is -2.09. The van der Waals surface area contributed by atoms with Crippen LogP contribution >= 0.6 is 0 Å². The minimum absolute atomic E-state index is 0.0995. The Labute approximate surface area is 115 Å². The van der Waals surface area contributed by atoms with Crippen LogP contribution in [-0.4, -0.2) is 12.3 Å². The van der Waals surface area contributed by atoms with E-state index in [1.54, 1.807) is 0 Å². The van der Waals surface area contributed by atoms with Gasteiger partial charge in [-0.2, -0.15) is 13.2 Å². The largest absolute Gasteiger partial charge is 0.419 e. The number of rotatable bonds is 7. The van der Waals surface area contributed by atoms with E-state index in [0.717, 1.165) is 25.3 Å². The molecule has 112 valence electrons. The van der Waals surface area contributed by atoms with Crippen LogP contribution in [0, 0.1) is 5.82 Å². The maximum absolute atomic E-state index is 13.1. The monoisotopic (exact) mass is 291 g/mol. The Morgan fingerprint density at radius 3 is 2.35 bits per heavy atom. The molecule has 0 saturated carbocycles. The number of hydrogen-bond acceptors (Lipinski definition) is 2. The number of unbranched alkanes of at least 4 members (excludes halogenated alkanes) is 3. The standard InChI is InChI=1S/C14H17F4NO/c15-12-7-6-10(9-11(12)14(16,17)18)13(20)5-3-1-2-4-8-19/h6-7,9H,1-5,8,19H2. The van der Waals surface area contributed by atoms with Crippen molar-refractivity contribution in [1.29, 1.82) is 0 Å². The molecule has 1 aromatic rings. The van der Waals surface area contributed by atoms with Crippen LogP contribution in [0.4, 0.5) is 17.6 Å². The average molecular weight is 291 g/mol. The molecule has 2 N–H and O–H groups in total. The van der Waals surface area contributed by atoms with E-state index < -0.39 is 23.3 Å². The second-order valence-electron chi connectivity index (χ2n) is 4.57. The minimum atomic E-state index is -4.79. The van der Waals surface area contributed by atoms with Gasteiger partial charge in [-0.05, 0) is 37.6 Å². The van der Waals surface area contributed by atoms with Crippen LogP contribution in [0.1, 0.15) is 48.0 Å². The SMILES string of the molecule is NCCCCCCC(=O)c1ccc(F)c(C(F)(F)F)c1. The molecule has 0 bridgehead atoms. The Morgan fingerprint density at radius 2 is 1.75 bits per heavy atom. The Morgan fingerprint density at radius 1 is 1.10 bits per heavy atom. The summed E-state index contributed by atoms with van der Waals surface area (Å²) in [6.07, 6.45) is -1.48. The highest BCUT2D eigenvalue weighted by molar-refractivity contribution is 5.96. The van der Waals surface area contributed by atoms with Crippen LogP contribution in [0.15, 0.2) is 18.2 Å². The van der Waals surface area contributed by atoms with Crippen molar-refractivity contribution >= 4 is 5.78 Å². The summed E-state index contributed by atoms with van der Waals surface area (Å²) < 4.78 is 50.6. The molecule has 0 heterocycles. The summed E-state index contributed by atoms with van der Waals surface area (Å²) in [5, 5.41) is 0. The zero-order valence-corrected chi connectivity index (χ0v) is 11.0.